The molecule has 1 aromatic rings. The average molecular weight is 318 g/mol. The fourth-order valence-electron chi connectivity index (χ4n) is 1.18. The molecule has 3 heteroatoms. The van der Waals surface area contributed by atoms with Gasteiger partial charge in [-0.05, 0) is 34.0 Å². The zero-order valence-corrected chi connectivity index (χ0v) is 11.1. The number of terminal acetylenes is 1. The van der Waals surface area contributed by atoms with Gasteiger partial charge in [0.1, 0.15) is 6.11 Å². The third-order valence-electron chi connectivity index (χ3n) is 1.82. The lowest BCUT2D eigenvalue weighted by Gasteiger charge is -2.12. The van der Waals surface area contributed by atoms with Gasteiger partial charge < -0.3 is 4.74 Å². The second-order valence-corrected chi connectivity index (χ2v) is 4.95. The van der Waals surface area contributed by atoms with E-state index in [4.69, 9.17) is 11.2 Å². The molecule has 1 rings (SSSR count). The van der Waals surface area contributed by atoms with Gasteiger partial charge in [0.05, 0.1) is 4.47 Å². The molecule has 0 N–H and O–H groups in total. The summed E-state index contributed by atoms with van der Waals surface area (Å²) in [4.78, 5) is 0. The Labute approximate surface area is 101 Å². The van der Waals surface area contributed by atoms with E-state index >= 15 is 0 Å². The molecule has 1 aromatic carbocycles. The normalized spacial score (nSPS) is 10.0. The van der Waals surface area contributed by atoms with E-state index in [9.17, 15) is 0 Å². The maximum absolute atomic E-state index is 5.14. The zero-order chi connectivity index (χ0) is 10.7. The molecule has 0 heterocycles. The van der Waals surface area contributed by atoms with E-state index in [2.05, 4.69) is 51.8 Å². The number of benzene rings is 1. The molecule has 0 atom stereocenters. The van der Waals surface area contributed by atoms with Crippen molar-refractivity contribution in [3.8, 4) is 18.3 Å². The number of rotatable bonds is 2. The molecule has 0 bridgehead atoms. The van der Waals surface area contributed by atoms with Crippen molar-refractivity contribution >= 4 is 31.9 Å². The van der Waals surface area contributed by atoms with Crippen molar-refractivity contribution in [1.82, 2.24) is 0 Å². The van der Waals surface area contributed by atoms with E-state index in [0.29, 0.717) is 5.92 Å². The summed E-state index contributed by atoms with van der Waals surface area (Å²) in [5, 5.41) is 0. The minimum Gasteiger partial charge on any atom is -0.406 e. The number of ether oxygens (including phenoxy) is 1. The maximum Gasteiger partial charge on any atom is 0.157 e. The standard InChI is InChI=1S/C11H10Br2O/c1-4-14-11-9(7(2)3)5-8(12)6-10(11)13/h1,5-7H,2-3H3. The average Bonchev–Trinajstić information content (AvgIpc) is 2.09. The van der Waals surface area contributed by atoms with Gasteiger partial charge in [-0.15, -0.1) is 0 Å². The molecule has 0 aliphatic rings. The van der Waals surface area contributed by atoms with E-state index in [1.54, 1.807) is 0 Å². The lowest BCUT2D eigenvalue weighted by atomic mass is 10.0. The van der Waals surface area contributed by atoms with Crippen molar-refractivity contribution < 1.29 is 4.74 Å². The highest BCUT2D eigenvalue weighted by atomic mass is 79.9. The van der Waals surface area contributed by atoms with Crippen LogP contribution in [0.5, 0.6) is 5.75 Å². The lowest BCUT2D eigenvalue weighted by molar-refractivity contribution is 0.505. The Morgan fingerprint density at radius 1 is 1.36 bits per heavy atom. The molecule has 0 spiro atoms. The summed E-state index contributed by atoms with van der Waals surface area (Å²) >= 11 is 6.85. The van der Waals surface area contributed by atoms with E-state index < -0.39 is 0 Å². The Morgan fingerprint density at radius 3 is 2.50 bits per heavy atom. The van der Waals surface area contributed by atoms with Crippen LogP contribution in [0.25, 0.3) is 0 Å². The Kier molecular flexibility index (Phi) is 4.03. The highest BCUT2D eigenvalue weighted by Gasteiger charge is 2.12. The molecule has 0 aliphatic carbocycles. The van der Waals surface area contributed by atoms with Crippen molar-refractivity contribution in [2.24, 2.45) is 0 Å². The number of hydrogen-bond donors (Lipinski definition) is 0. The molecular weight excluding hydrogens is 308 g/mol. The monoisotopic (exact) mass is 316 g/mol. The molecule has 0 saturated carbocycles. The Bertz CT molecular complexity index is 378. The minimum absolute atomic E-state index is 0.368. The molecule has 0 saturated heterocycles. The third kappa shape index (κ3) is 2.52. The molecule has 0 fully saturated rings. The fraction of sp³-hybridized carbons (Fsp3) is 0.273. The van der Waals surface area contributed by atoms with Gasteiger partial charge in [0.15, 0.2) is 5.75 Å². The predicted molar refractivity (Wildman–Crippen MR) is 65.4 cm³/mol. The Balaban J connectivity index is 3.30. The van der Waals surface area contributed by atoms with Crippen molar-refractivity contribution in [2.75, 3.05) is 0 Å². The van der Waals surface area contributed by atoms with Crippen molar-refractivity contribution in [3.63, 3.8) is 0 Å². The molecule has 0 radical (unpaired) electrons. The van der Waals surface area contributed by atoms with E-state index in [1.165, 1.54) is 0 Å². The zero-order valence-electron chi connectivity index (χ0n) is 7.97. The van der Waals surface area contributed by atoms with Crippen molar-refractivity contribution in [2.45, 2.75) is 19.8 Å². The molecular formula is C11H10Br2O. The first-order valence-corrected chi connectivity index (χ1v) is 5.76. The van der Waals surface area contributed by atoms with Crippen LogP contribution in [-0.4, -0.2) is 0 Å². The first-order chi connectivity index (χ1) is 6.56. The van der Waals surface area contributed by atoms with Gasteiger partial charge in [0.2, 0.25) is 0 Å². The van der Waals surface area contributed by atoms with Crippen LogP contribution in [0.1, 0.15) is 25.3 Å². The molecule has 0 aliphatic heterocycles. The summed E-state index contributed by atoms with van der Waals surface area (Å²) in [6.45, 7) is 4.19. The first kappa shape index (κ1) is 11.6. The number of hydrogen-bond acceptors (Lipinski definition) is 1. The van der Waals surface area contributed by atoms with E-state index in [0.717, 1.165) is 20.3 Å². The smallest absolute Gasteiger partial charge is 0.157 e. The van der Waals surface area contributed by atoms with Gasteiger partial charge in [-0.2, -0.15) is 0 Å². The minimum atomic E-state index is 0.368. The largest absolute Gasteiger partial charge is 0.406 e. The van der Waals surface area contributed by atoms with Crippen molar-refractivity contribution in [1.29, 1.82) is 0 Å². The molecule has 0 amide bonds. The molecule has 74 valence electrons. The summed E-state index contributed by atoms with van der Waals surface area (Å²) in [6, 6.07) is 3.93. The summed E-state index contributed by atoms with van der Waals surface area (Å²) in [5.74, 6) is 1.10. The van der Waals surface area contributed by atoms with Gasteiger partial charge >= 0.3 is 0 Å². The van der Waals surface area contributed by atoms with Gasteiger partial charge in [0.25, 0.3) is 0 Å². The second-order valence-electron chi connectivity index (χ2n) is 3.18. The van der Waals surface area contributed by atoms with Crippen LogP contribution < -0.4 is 4.74 Å². The summed E-state index contributed by atoms with van der Waals surface area (Å²) in [6.07, 6.45) is 7.33. The third-order valence-corrected chi connectivity index (χ3v) is 2.87. The molecule has 0 aromatic heterocycles. The molecule has 1 nitrogen and oxygen atoms in total. The molecule has 0 unspecified atom stereocenters. The topological polar surface area (TPSA) is 9.23 Å². The van der Waals surface area contributed by atoms with Crippen LogP contribution in [0.4, 0.5) is 0 Å². The maximum atomic E-state index is 5.14. The summed E-state index contributed by atoms with van der Waals surface area (Å²) < 4.78 is 7.02. The quantitative estimate of drug-likeness (QED) is 0.739. The lowest BCUT2D eigenvalue weighted by Crippen LogP contribution is -1.95. The van der Waals surface area contributed by atoms with Gasteiger partial charge in [0, 0.05) is 10.0 Å². The van der Waals surface area contributed by atoms with Crippen LogP contribution >= 0.6 is 31.9 Å². The predicted octanol–water partition coefficient (Wildman–Crippen LogP) is 4.30. The first-order valence-electron chi connectivity index (χ1n) is 4.17. The Morgan fingerprint density at radius 2 is 2.00 bits per heavy atom. The van der Waals surface area contributed by atoms with Gasteiger partial charge in [-0.1, -0.05) is 36.2 Å². The van der Waals surface area contributed by atoms with E-state index in [-0.39, 0.29) is 0 Å². The van der Waals surface area contributed by atoms with Crippen LogP contribution in [0.15, 0.2) is 21.1 Å². The van der Waals surface area contributed by atoms with Crippen LogP contribution in [-0.2, 0) is 0 Å². The number of halogens is 2. The summed E-state index contributed by atoms with van der Waals surface area (Å²) in [5.41, 5.74) is 1.09. The second kappa shape index (κ2) is 4.86. The van der Waals surface area contributed by atoms with Gasteiger partial charge in [-0.3, -0.25) is 0 Å². The summed E-state index contributed by atoms with van der Waals surface area (Å²) in [7, 11) is 0. The molecule has 14 heavy (non-hydrogen) atoms. The van der Waals surface area contributed by atoms with Crippen LogP contribution in [0, 0.1) is 12.5 Å². The van der Waals surface area contributed by atoms with Gasteiger partial charge in [-0.25, -0.2) is 0 Å². The highest BCUT2D eigenvalue weighted by molar-refractivity contribution is 9.11. The SMILES string of the molecule is C#COc1c(Br)cc(Br)cc1C(C)C. The van der Waals surface area contributed by atoms with Crippen LogP contribution in [0.2, 0.25) is 0 Å². The van der Waals surface area contributed by atoms with Crippen LogP contribution in [0.3, 0.4) is 0 Å². The highest BCUT2D eigenvalue weighted by Crippen LogP contribution is 2.36. The van der Waals surface area contributed by atoms with Crippen molar-refractivity contribution in [3.05, 3.63) is 26.6 Å². The fourth-order valence-corrected chi connectivity index (χ4v) is 2.51. The Hall–Kier alpha value is -0.460. The van der Waals surface area contributed by atoms with E-state index in [1.807, 2.05) is 12.1 Å².